The molecular weight excluding hydrogens is 356 g/mol. The van der Waals surface area contributed by atoms with Gasteiger partial charge in [0.2, 0.25) is 5.91 Å². The number of nitrogens with zero attached hydrogens (tertiary/aromatic N) is 2. The van der Waals surface area contributed by atoms with E-state index in [-0.39, 0.29) is 28.5 Å². The molecule has 0 saturated carbocycles. The number of ether oxygens (including phenoxy) is 1. The maximum absolute atomic E-state index is 12.4. The second kappa shape index (κ2) is 8.04. The molecule has 3 amide bonds. The monoisotopic (exact) mass is 372 g/mol. The molecule has 0 aliphatic heterocycles. The van der Waals surface area contributed by atoms with Crippen molar-refractivity contribution in [3.05, 3.63) is 57.3 Å². The van der Waals surface area contributed by atoms with Crippen LogP contribution in [0.25, 0.3) is 0 Å². The topological polar surface area (TPSA) is 141 Å². The molecule has 27 heavy (non-hydrogen) atoms. The smallest absolute Gasteiger partial charge is 0.364 e. The lowest BCUT2D eigenvalue weighted by Gasteiger charge is -2.11. The van der Waals surface area contributed by atoms with Gasteiger partial charge in [-0.2, -0.15) is 0 Å². The van der Waals surface area contributed by atoms with E-state index >= 15 is 0 Å². The third-order valence-electron chi connectivity index (χ3n) is 3.38. The number of amides is 3. The zero-order chi connectivity index (χ0) is 20.1. The van der Waals surface area contributed by atoms with Crippen LogP contribution in [0.2, 0.25) is 0 Å². The van der Waals surface area contributed by atoms with Crippen LogP contribution in [-0.4, -0.2) is 34.7 Å². The van der Waals surface area contributed by atoms with Crippen molar-refractivity contribution in [2.45, 2.75) is 13.8 Å². The first-order chi connectivity index (χ1) is 12.7. The summed E-state index contributed by atoms with van der Waals surface area (Å²) in [5, 5.41) is 15.6. The highest BCUT2D eigenvalue weighted by Gasteiger charge is 2.20. The van der Waals surface area contributed by atoms with Gasteiger partial charge >= 0.3 is 5.82 Å². The van der Waals surface area contributed by atoms with Gasteiger partial charge in [0, 0.05) is 31.7 Å². The van der Waals surface area contributed by atoms with Crippen molar-refractivity contribution in [2.24, 2.45) is 0 Å². The lowest BCUT2D eigenvalue weighted by molar-refractivity contribution is -0.389. The normalized spacial score (nSPS) is 10.0. The minimum atomic E-state index is -0.818. The lowest BCUT2D eigenvalue weighted by atomic mass is 10.1. The molecule has 140 valence electrons. The highest BCUT2D eigenvalue weighted by molar-refractivity contribution is 6.11. The first kappa shape index (κ1) is 19.5. The Labute approximate surface area is 153 Å². The Morgan fingerprint density at radius 2 is 1.85 bits per heavy atom. The fourth-order valence-electron chi connectivity index (χ4n) is 2.28. The summed E-state index contributed by atoms with van der Waals surface area (Å²) in [6.45, 7) is 2.83. The highest BCUT2D eigenvalue weighted by Crippen LogP contribution is 2.23. The molecule has 2 rings (SSSR count). The van der Waals surface area contributed by atoms with E-state index in [2.05, 4.69) is 15.6 Å². The zero-order valence-electron chi connectivity index (χ0n) is 14.7. The van der Waals surface area contributed by atoms with Gasteiger partial charge in [-0.25, -0.2) is 0 Å². The summed E-state index contributed by atoms with van der Waals surface area (Å²) in [4.78, 5) is 49.6. The molecule has 2 N–H and O–H groups in total. The fraction of sp³-hybridized carbons (Fsp3) is 0.176. The van der Waals surface area contributed by atoms with Gasteiger partial charge in [0.05, 0.1) is 18.2 Å². The molecule has 2 aromatic rings. The van der Waals surface area contributed by atoms with Crippen LogP contribution >= 0.6 is 0 Å². The second-order valence-corrected chi connectivity index (χ2v) is 5.49. The number of aryl methyl sites for hydroxylation is 1. The Kier molecular flexibility index (Phi) is 5.81. The van der Waals surface area contributed by atoms with E-state index in [1.165, 1.54) is 45.2 Å². The molecule has 10 nitrogen and oxygen atoms in total. The molecule has 10 heteroatoms. The van der Waals surface area contributed by atoms with Crippen molar-refractivity contribution in [3.8, 4) is 5.75 Å². The number of rotatable bonds is 5. The minimum absolute atomic E-state index is 0.0558. The number of pyridine rings is 1. The number of aromatic nitrogens is 1. The van der Waals surface area contributed by atoms with Gasteiger partial charge < -0.3 is 20.2 Å². The molecule has 0 aliphatic carbocycles. The maximum Gasteiger partial charge on any atom is 0.364 e. The van der Waals surface area contributed by atoms with Crippen molar-refractivity contribution >= 4 is 29.2 Å². The third-order valence-corrected chi connectivity index (χ3v) is 3.38. The highest BCUT2D eigenvalue weighted by atomic mass is 16.6. The Balaban J connectivity index is 2.25. The van der Waals surface area contributed by atoms with Crippen LogP contribution in [0.4, 0.5) is 11.5 Å². The molecule has 0 spiro atoms. The van der Waals surface area contributed by atoms with Crippen molar-refractivity contribution < 1.29 is 24.0 Å². The first-order valence-corrected chi connectivity index (χ1v) is 7.65. The predicted molar refractivity (Wildman–Crippen MR) is 94.7 cm³/mol. The average molecular weight is 372 g/mol. The molecular formula is C17H16N4O6. The summed E-state index contributed by atoms with van der Waals surface area (Å²) in [5.41, 5.74) is 0.665. The Morgan fingerprint density at radius 1 is 1.15 bits per heavy atom. The SMILES string of the molecule is COc1cc(NC(C)=O)ccc1C(=O)NC(=O)c1cc(C)nc([N+](=O)[O-])c1. The maximum atomic E-state index is 12.4. The van der Waals surface area contributed by atoms with Crippen molar-refractivity contribution in [1.29, 1.82) is 0 Å². The minimum Gasteiger partial charge on any atom is -0.496 e. The van der Waals surface area contributed by atoms with E-state index in [4.69, 9.17) is 4.74 Å². The van der Waals surface area contributed by atoms with Crippen LogP contribution in [0.5, 0.6) is 5.75 Å². The van der Waals surface area contributed by atoms with Crippen molar-refractivity contribution in [3.63, 3.8) is 0 Å². The van der Waals surface area contributed by atoms with Gasteiger partial charge in [-0.15, -0.1) is 0 Å². The summed E-state index contributed by atoms with van der Waals surface area (Å²) in [5.74, 6) is -2.22. The fourth-order valence-corrected chi connectivity index (χ4v) is 2.28. The summed E-state index contributed by atoms with van der Waals surface area (Å²) >= 11 is 0. The zero-order valence-corrected chi connectivity index (χ0v) is 14.7. The van der Waals surface area contributed by atoms with Gasteiger partial charge in [-0.3, -0.25) is 19.7 Å². The molecule has 1 aromatic carbocycles. The summed E-state index contributed by atoms with van der Waals surface area (Å²) in [6, 6.07) is 6.60. The number of carbonyl (C=O) groups is 3. The van der Waals surface area contributed by atoms with E-state index < -0.39 is 22.6 Å². The quantitative estimate of drug-likeness (QED) is 0.463. The van der Waals surface area contributed by atoms with Crippen LogP contribution in [0.1, 0.15) is 33.3 Å². The number of carbonyl (C=O) groups excluding carboxylic acids is 3. The molecule has 0 bridgehead atoms. The number of nitrogens with one attached hydrogen (secondary N) is 2. The van der Waals surface area contributed by atoms with Gasteiger partial charge in [0.25, 0.3) is 11.8 Å². The number of benzene rings is 1. The Morgan fingerprint density at radius 3 is 2.44 bits per heavy atom. The summed E-state index contributed by atoms with van der Waals surface area (Å²) < 4.78 is 5.12. The van der Waals surface area contributed by atoms with Crippen LogP contribution in [-0.2, 0) is 4.79 Å². The number of nitro groups is 1. The number of anilines is 1. The van der Waals surface area contributed by atoms with E-state index in [9.17, 15) is 24.5 Å². The van der Waals surface area contributed by atoms with Gasteiger partial charge in [-0.1, -0.05) is 0 Å². The summed E-state index contributed by atoms with van der Waals surface area (Å²) in [6.07, 6.45) is 0. The van der Waals surface area contributed by atoms with Crippen LogP contribution in [0, 0.1) is 17.0 Å². The van der Waals surface area contributed by atoms with Gasteiger partial charge in [0.15, 0.2) is 5.69 Å². The molecule has 0 saturated heterocycles. The Bertz CT molecular complexity index is 941. The Hall–Kier alpha value is -3.82. The van der Waals surface area contributed by atoms with E-state index in [0.717, 1.165) is 6.07 Å². The average Bonchev–Trinajstić information content (AvgIpc) is 2.60. The molecule has 0 unspecified atom stereocenters. The number of hydrogen-bond donors (Lipinski definition) is 2. The van der Waals surface area contributed by atoms with Crippen molar-refractivity contribution in [2.75, 3.05) is 12.4 Å². The van der Waals surface area contributed by atoms with Crippen LogP contribution in [0.15, 0.2) is 30.3 Å². The number of hydrogen-bond acceptors (Lipinski definition) is 7. The van der Waals surface area contributed by atoms with E-state index in [1.54, 1.807) is 0 Å². The molecule has 0 aliphatic rings. The van der Waals surface area contributed by atoms with E-state index in [0.29, 0.717) is 5.69 Å². The summed E-state index contributed by atoms with van der Waals surface area (Å²) in [7, 11) is 1.33. The molecule has 1 heterocycles. The first-order valence-electron chi connectivity index (χ1n) is 7.65. The lowest BCUT2D eigenvalue weighted by Crippen LogP contribution is -2.31. The molecule has 1 aromatic heterocycles. The van der Waals surface area contributed by atoms with Crippen LogP contribution in [0.3, 0.4) is 0 Å². The van der Waals surface area contributed by atoms with E-state index in [1.807, 2.05) is 0 Å². The van der Waals surface area contributed by atoms with Crippen molar-refractivity contribution in [1.82, 2.24) is 10.3 Å². The largest absolute Gasteiger partial charge is 0.496 e. The third kappa shape index (κ3) is 4.84. The van der Waals surface area contributed by atoms with Crippen LogP contribution < -0.4 is 15.4 Å². The van der Waals surface area contributed by atoms with Gasteiger partial charge in [-0.05, 0) is 28.1 Å². The molecule has 0 atom stereocenters. The second-order valence-electron chi connectivity index (χ2n) is 5.49. The van der Waals surface area contributed by atoms with Gasteiger partial charge in [0.1, 0.15) is 5.75 Å². The standard InChI is InChI=1S/C17H16N4O6/c1-9-6-11(7-15(18-9)21(25)26)16(23)20-17(24)13-5-4-12(19-10(2)22)8-14(13)27-3/h4-8H,1-3H3,(H,19,22)(H,20,23,24). The predicted octanol–water partition coefficient (Wildman–Crippen LogP) is 1.84. The number of imide groups is 1. The molecule has 0 radical (unpaired) electrons. The molecule has 0 fully saturated rings. The number of methoxy groups -OCH3 is 1.